The summed E-state index contributed by atoms with van der Waals surface area (Å²) in [5.41, 5.74) is 2.27. The van der Waals surface area contributed by atoms with E-state index in [1.807, 2.05) is 39.3 Å². The molecular weight excluding hydrogens is 230 g/mol. The van der Waals surface area contributed by atoms with E-state index >= 15 is 0 Å². The molecule has 0 aliphatic carbocycles. The van der Waals surface area contributed by atoms with Crippen LogP contribution < -0.4 is 10.2 Å². The van der Waals surface area contributed by atoms with E-state index in [1.54, 1.807) is 11.3 Å². The zero-order chi connectivity index (χ0) is 12.3. The van der Waals surface area contributed by atoms with Crippen molar-refractivity contribution in [3.63, 3.8) is 0 Å². The second-order valence-corrected chi connectivity index (χ2v) is 5.12. The van der Waals surface area contributed by atoms with E-state index in [0.29, 0.717) is 0 Å². The summed E-state index contributed by atoms with van der Waals surface area (Å²) < 4.78 is 0. The molecule has 4 heteroatoms. The van der Waals surface area contributed by atoms with Gasteiger partial charge in [-0.25, -0.2) is 4.98 Å². The number of hydrogen-bond donors (Lipinski definition) is 1. The molecular formula is C13H17N3S. The fraction of sp³-hybridized carbons (Fsp3) is 0.308. The Hall–Kier alpha value is -1.39. The van der Waals surface area contributed by atoms with Gasteiger partial charge in [-0.1, -0.05) is 41.7 Å². The van der Waals surface area contributed by atoms with Crippen molar-refractivity contribution in [3.05, 3.63) is 35.2 Å². The molecule has 0 spiro atoms. The predicted molar refractivity (Wildman–Crippen MR) is 74.6 cm³/mol. The minimum absolute atomic E-state index is 0.857. The predicted octanol–water partition coefficient (Wildman–Crippen LogP) is 2.60. The van der Waals surface area contributed by atoms with Gasteiger partial charge in [-0.05, 0) is 7.05 Å². The lowest BCUT2D eigenvalue weighted by atomic mass is 10.1. The first-order chi connectivity index (χ1) is 8.22. The van der Waals surface area contributed by atoms with E-state index in [0.717, 1.165) is 17.4 Å². The summed E-state index contributed by atoms with van der Waals surface area (Å²) in [5.74, 6) is 0. The first-order valence-corrected chi connectivity index (χ1v) is 6.41. The lowest BCUT2D eigenvalue weighted by Crippen LogP contribution is -2.07. The fourth-order valence-electron chi connectivity index (χ4n) is 1.63. The average molecular weight is 247 g/mol. The molecule has 0 saturated heterocycles. The second-order valence-electron chi connectivity index (χ2n) is 4.06. The van der Waals surface area contributed by atoms with Crippen LogP contribution in [0.1, 0.15) is 4.88 Å². The molecule has 17 heavy (non-hydrogen) atoms. The van der Waals surface area contributed by atoms with Gasteiger partial charge in [0, 0.05) is 31.1 Å². The molecule has 0 atom stereocenters. The average Bonchev–Trinajstić information content (AvgIpc) is 2.75. The van der Waals surface area contributed by atoms with Crippen molar-refractivity contribution in [1.29, 1.82) is 0 Å². The molecule has 1 N–H and O–H groups in total. The van der Waals surface area contributed by atoms with E-state index < -0.39 is 0 Å². The van der Waals surface area contributed by atoms with Crippen molar-refractivity contribution in [3.8, 4) is 11.3 Å². The largest absolute Gasteiger partial charge is 0.354 e. The number of aromatic nitrogens is 1. The Morgan fingerprint density at radius 3 is 2.53 bits per heavy atom. The Kier molecular flexibility index (Phi) is 3.76. The van der Waals surface area contributed by atoms with Crippen LogP contribution in [-0.2, 0) is 6.54 Å². The zero-order valence-electron chi connectivity index (χ0n) is 10.4. The number of anilines is 1. The summed E-state index contributed by atoms with van der Waals surface area (Å²) in [6.45, 7) is 0.857. The molecule has 0 fully saturated rings. The van der Waals surface area contributed by atoms with Gasteiger partial charge >= 0.3 is 0 Å². The molecule has 2 aromatic rings. The van der Waals surface area contributed by atoms with Gasteiger partial charge in [0.25, 0.3) is 0 Å². The van der Waals surface area contributed by atoms with Crippen molar-refractivity contribution in [2.24, 2.45) is 0 Å². The molecule has 1 aromatic heterocycles. The SMILES string of the molecule is CNCc1sc(N(C)C)nc1-c1ccccc1. The molecule has 1 heterocycles. The van der Waals surface area contributed by atoms with E-state index in [9.17, 15) is 0 Å². The number of thiazole rings is 1. The van der Waals surface area contributed by atoms with Crippen LogP contribution in [0.25, 0.3) is 11.3 Å². The van der Waals surface area contributed by atoms with Crippen molar-refractivity contribution in [2.45, 2.75) is 6.54 Å². The Labute approximate surface area is 106 Å². The van der Waals surface area contributed by atoms with Gasteiger partial charge in [-0.15, -0.1) is 0 Å². The summed E-state index contributed by atoms with van der Waals surface area (Å²) >= 11 is 1.74. The third kappa shape index (κ3) is 2.65. The van der Waals surface area contributed by atoms with Crippen molar-refractivity contribution in [1.82, 2.24) is 10.3 Å². The molecule has 0 radical (unpaired) electrons. The number of benzene rings is 1. The highest BCUT2D eigenvalue weighted by molar-refractivity contribution is 7.16. The highest BCUT2D eigenvalue weighted by Gasteiger charge is 2.13. The Morgan fingerprint density at radius 2 is 1.94 bits per heavy atom. The van der Waals surface area contributed by atoms with Crippen molar-refractivity contribution >= 4 is 16.5 Å². The fourth-order valence-corrected chi connectivity index (χ4v) is 2.65. The van der Waals surface area contributed by atoms with Crippen LogP contribution in [0.4, 0.5) is 5.13 Å². The summed E-state index contributed by atoms with van der Waals surface area (Å²) in [6, 6.07) is 10.3. The van der Waals surface area contributed by atoms with Gasteiger partial charge in [0.2, 0.25) is 0 Å². The van der Waals surface area contributed by atoms with Gasteiger partial charge in [0.05, 0.1) is 5.69 Å². The summed E-state index contributed by atoms with van der Waals surface area (Å²) in [5, 5.41) is 4.25. The maximum atomic E-state index is 4.70. The molecule has 0 aliphatic rings. The lowest BCUT2D eigenvalue weighted by molar-refractivity contribution is 0.831. The summed E-state index contributed by atoms with van der Waals surface area (Å²) in [7, 11) is 6.01. The number of hydrogen-bond acceptors (Lipinski definition) is 4. The maximum Gasteiger partial charge on any atom is 0.185 e. The van der Waals surface area contributed by atoms with Crippen LogP contribution >= 0.6 is 11.3 Å². The highest BCUT2D eigenvalue weighted by atomic mass is 32.1. The molecule has 0 bridgehead atoms. The van der Waals surface area contributed by atoms with E-state index in [-0.39, 0.29) is 0 Å². The van der Waals surface area contributed by atoms with E-state index in [1.165, 1.54) is 10.4 Å². The molecule has 0 unspecified atom stereocenters. The Bertz CT molecular complexity index is 477. The Morgan fingerprint density at radius 1 is 1.24 bits per heavy atom. The van der Waals surface area contributed by atoms with Crippen LogP contribution in [0.2, 0.25) is 0 Å². The number of nitrogens with zero attached hydrogens (tertiary/aromatic N) is 2. The molecule has 0 saturated carbocycles. The van der Waals surface area contributed by atoms with Crippen molar-refractivity contribution < 1.29 is 0 Å². The lowest BCUT2D eigenvalue weighted by Gasteiger charge is -2.05. The topological polar surface area (TPSA) is 28.2 Å². The number of nitrogens with one attached hydrogen (secondary N) is 1. The van der Waals surface area contributed by atoms with Crippen LogP contribution in [0, 0.1) is 0 Å². The van der Waals surface area contributed by atoms with Crippen LogP contribution in [0.5, 0.6) is 0 Å². The maximum absolute atomic E-state index is 4.70. The van der Waals surface area contributed by atoms with Gasteiger partial charge < -0.3 is 10.2 Å². The third-order valence-corrected chi connectivity index (χ3v) is 3.68. The minimum Gasteiger partial charge on any atom is -0.354 e. The standard InChI is InChI=1S/C13H17N3S/c1-14-9-11-12(10-7-5-4-6-8-10)15-13(17-11)16(2)3/h4-8,14H,9H2,1-3H3. The quantitative estimate of drug-likeness (QED) is 0.900. The van der Waals surface area contributed by atoms with Crippen molar-refractivity contribution in [2.75, 3.05) is 26.0 Å². The van der Waals surface area contributed by atoms with Crippen LogP contribution in [-0.4, -0.2) is 26.1 Å². The van der Waals surface area contributed by atoms with E-state index in [4.69, 9.17) is 4.98 Å². The molecule has 90 valence electrons. The molecule has 0 amide bonds. The summed E-state index contributed by atoms with van der Waals surface area (Å²) in [6.07, 6.45) is 0. The molecule has 1 aromatic carbocycles. The van der Waals surface area contributed by atoms with Gasteiger partial charge in [0.15, 0.2) is 5.13 Å². The molecule has 3 nitrogen and oxygen atoms in total. The Balaban J connectivity index is 2.44. The van der Waals surface area contributed by atoms with E-state index in [2.05, 4.69) is 22.3 Å². The molecule has 0 aliphatic heterocycles. The second kappa shape index (κ2) is 5.29. The normalized spacial score (nSPS) is 10.5. The summed E-state index contributed by atoms with van der Waals surface area (Å²) in [4.78, 5) is 8.03. The smallest absolute Gasteiger partial charge is 0.185 e. The first kappa shape index (κ1) is 12.1. The minimum atomic E-state index is 0.857. The zero-order valence-corrected chi connectivity index (χ0v) is 11.2. The first-order valence-electron chi connectivity index (χ1n) is 5.59. The third-order valence-electron chi connectivity index (χ3n) is 2.45. The van der Waals surface area contributed by atoms with Crippen LogP contribution in [0.3, 0.4) is 0 Å². The van der Waals surface area contributed by atoms with Gasteiger partial charge in [-0.3, -0.25) is 0 Å². The number of rotatable bonds is 4. The monoisotopic (exact) mass is 247 g/mol. The molecule has 2 rings (SSSR count). The van der Waals surface area contributed by atoms with Crippen LogP contribution in [0.15, 0.2) is 30.3 Å². The van der Waals surface area contributed by atoms with Gasteiger partial charge in [0.1, 0.15) is 0 Å². The highest BCUT2D eigenvalue weighted by Crippen LogP contribution is 2.32. The van der Waals surface area contributed by atoms with Gasteiger partial charge in [-0.2, -0.15) is 0 Å².